The van der Waals surface area contributed by atoms with E-state index >= 15 is 0 Å². The number of fused-ring (bicyclic) bond motifs is 1. The number of hydrogen-bond acceptors (Lipinski definition) is 6. The summed E-state index contributed by atoms with van der Waals surface area (Å²) in [5.74, 6) is 2.34. The fourth-order valence-corrected chi connectivity index (χ4v) is 7.58. The zero-order chi connectivity index (χ0) is 22.2. The molecule has 1 aliphatic heterocycles. The first kappa shape index (κ1) is 21.2. The summed E-state index contributed by atoms with van der Waals surface area (Å²) in [6.45, 7) is 2.50. The Bertz CT molecular complexity index is 1120. The number of benzene rings is 1. The average Bonchev–Trinajstić information content (AvgIpc) is 3.36. The van der Waals surface area contributed by atoms with E-state index in [1.54, 1.807) is 7.11 Å². The van der Waals surface area contributed by atoms with Crippen molar-refractivity contribution in [3.63, 3.8) is 0 Å². The van der Waals surface area contributed by atoms with Crippen LogP contribution in [0.2, 0.25) is 0 Å². The first-order valence-corrected chi connectivity index (χ1v) is 14.0. The molecule has 6 rings (SSSR count). The van der Waals surface area contributed by atoms with E-state index in [1.807, 2.05) is 12.3 Å². The molecular weight excluding hydrogens is 431 g/mol. The van der Waals surface area contributed by atoms with Crippen LogP contribution in [0, 0.1) is 0 Å². The Labute approximate surface area is 196 Å². The molecule has 174 valence electrons. The third-order valence-electron chi connectivity index (χ3n) is 7.29. The van der Waals surface area contributed by atoms with Crippen LogP contribution in [0.1, 0.15) is 38.5 Å². The van der Waals surface area contributed by atoms with Crippen molar-refractivity contribution < 1.29 is 4.74 Å². The molecular formula is C25H33N6OP. The van der Waals surface area contributed by atoms with E-state index in [-0.39, 0.29) is 7.92 Å². The topological polar surface area (TPSA) is 78.1 Å². The molecule has 1 saturated heterocycles. The Hall–Kier alpha value is -2.37. The summed E-state index contributed by atoms with van der Waals surface area (Å²) in [6.07, 6.45) is 12.3. The van der Waals surface area contributed by atoms with Crippen molar-refractivity contribution in [2.45, 2.75) is 50.6 Å². The Morgan fingerprint density at radius 2 is 1.88 bits per heavy atom. The Kier molecular flexibility index (Phi) is 5.85. The van der Waals surface area contributed by atoms with Gasteiger partial charge < -0.3 is 20.4 Å². The number of rotatable bonds is 7. The predicted molar refractivity (Wildman–Crippen MR) is 137 cm³/mol. The van der Waals surface area contributed by atoms with Crippen LogP contribution in [-0.2, 0) is 0 Å². The van der Waals surface area contributed by atoms with Gasteiger partial charge in [0.25, 0.3) is 0 Å². The van der Waals surface area contributed by atoms with Crippen LogP contribution in [-0.4, -0.2) is 64.5 Å². The maximum absolute atomic E-state index is 5.79. The van der Waals surface area contributed by atoms with Crippen molar-refractivity contribution in [3.8, 4) is 5.75 Å². The molecule has 3 N–H and O–H groups in total. The van der Waals surface area contributed by atoms with E-state index in [0.29, 0.717) is 12.0 Å². The summed E-state index contributed by atoms with van der Waals surface area (Å²) in [7, 11) is 1.64. The van der Waals surface area contributed by atoms with Crippen LogP contribution in [0.15, 0.2) is 30.5 Å². The Balaban J connectivity index is 1.21. The summed E-state index contributed by atoms with van der Waals surface area (Å²) in [5, 5.41) is 9.55. The molecule has 0 amide bonds. The van der Waals surface area contributed by atoms with E-state index in [1.165, 1.54) is 69.2 Å². The SMILES string of the molecule is COc1cc(P2CCN(C3CC3)CC2)ccc1Nc1nc(NC2CCCC2)c2cc[nH]c2n1. The zero-order valence-electron chi connectivity index (χ0n) is 19.3. The molecule has 3 fully saturated rings. The van der Waals surface area contributed by atoms with Crippen LogP contribution in [0.4, 0.5) is 17.5 Å². The van der Waals surface area contributed by atoms with Gasteiger partial charge in [-0.05, 0) is 61.5 Å². The fraction of sp³-hybridized carbons (Fsp3) is 0.520. The van der Waals surface area contributed by atoms with Gasteiger partial charge in [0.05, 0.1) is 18.2 Å². The molecule has 3 aliphatic rings. The van der Waals surface area contributed by atoms with Gasteiger partial charge in [-0.3, -0.25) is 4.90 Å². The van der Waals surface area contributed by atoms with Crippen LogP contribution < -0.4 is 20.7 Å². The van der Waals surface area contributed by atoms with E-state index in [4.69, 9.17) is 14.7 Å². The third-order valence-corrected chi connectivity index (χ3v) is 9.77. The van der Waals surface area contributed by atoms with E-state index in [0.717, 1.165) is 34.3 Å². The Morgan fingerprint density at radius 1 is 1.06 bits per heavy atom. The molecule has 3 aromatic rings. The number of ether oxygens (including phenoxy) is 1. The molecule has 0 spiro atoms. The molecule has 0 atom stereocenters. The highest BCUT2D eigenvalue weighted by Gasteiger charge is 2.32. The number of methoxy groups -OCH3 is 1. The standard InChI is InChI=1S/C25H33N6OP/c1-32-22-16-19(33-14-12-31(13-15-33)18-6-7-18)8-9-21(22)28-25-29-23-20(10-11-26-23)24(30-25)27-17-4-2-3-5-17/h8-11,16-18H,2-7,12-15H2,1H3,(H3,26,27,28,29,30). The number of H-pyrrole nitrogens is 1. The van der Waals surface area contributed by atoms with Crippen LogP contribution >= 0.6 is 7.92 Å². The summed E-state index contributed by atoms with van der Waals surface area (Å²) in [5.41, 5.74) is 1.75. The lowest BCUT2D eigenvalue weighted by Gasteiger charge is -2.32. The Morgan fingerprint density at radius 3 is 2.64 bits per heavy atom. The van der Waals surface area contributed by atoms with Gasteiger partial charge >= 0.3 is 0 Å². The number of aromatic amines is 1. The second kappa shape index (κ2) is 9.11. The van der Waals surface area contributed by atoms with Crippen LogP contribution in [0.5, 0.6) is 5.75 Å². The summed E-state index contributed by atoms with van der Waals surface area (Å²) < 4.78 is 5.79. The number of anilines is 3. The van der Waals surface area contributed by atoms with Gasteiger partial charge in [-0.15, -0.1) is 0 Å². The number of aromatic nitrogens is 3. The third kappa shape index (κ3) is 4.53. The highest BCUT2D eigenvalue weighted by Crippen LogP contribution is 2.41. The van der Waals surface area contributed by atoms with Crippen molar-refractivity contribution in [1.29, 1.82) is 0 Å². The molecule has 2 aromatic heterocycles. The molecule has 7 nitrogen and oxygen atoms in total. The second-order valence-electron chi connectivity index (χ2n) is 9.53. The smallest absolute Gasteiger partial charge is 0.231 e. The van der Waals surface area contributed by atoms with Crippen molar-refractivity contribution in [3.05, 3.63) is 30.5 Å². The van der Waals surface area contributed by atoms with Gasteiger partial charge in [0.15, 0.2) is 0 Å². The molecule has 8 heteroatoms. The predicted octanol–water partition coefficient (Wildman–Crippen LogP) is 4.65. The molecule has 1 aromatic carbocycles. The summed E-state index contributed by atoms with van der Waals surface area (Å²) in [6, 6.07) is 10.1. The van der Waals surface area contributed by atoms with Crippen LogP contribution in [0.25, 0.3) is 11.0 Å². The lowest BCUT2D eigenvalue weighted by Crippen LogP contribution is -2.37. The molecule has 2 aliphatic carbocycles. The first-order chi connectivity index (χ1) is 16.3. The largest absolute Gasteiger partial charge is 0.495 e. The van der Waals surface area contributed by atoms with Crippen molar-refractivity contribution in [2.24, 2.45) is 0 Å². The van der Waals surface area contributed by atoms with Gasteiger partial charge in [0.2, 0.25) is 5.95 Å². The molecule has 3 heterocycles. The molecule has 0 unspecified atom stereocenters. The van der Waals surface area contributed by atoms with Gasteiger partial charge in [-0.1, -0.05) is 26.8 Å². The summed E-state index contributed by atoms with van der Waals surface area (Å²) in [4.78, 5) is 15.5. The minimum absolute atomic E-state index is 0.110. The lowest BCUT2D eigenvalue weighted by molar-refractivity contribution is 0.290. The fourth-order valence-electron chi connectivity index (χ4n) is 5.26. The van der Waals surface area contributed by atoms with E-state index in [2.05, 4.69) is 38.7 Å². The van der Waals surface area contributed by atoms with Gasteiger partial charge in [-0.25, -0.2) is 0 Å². The van der Waals surface area contributed by atoms with Crippen molar-refractivity contribution >= 4 is 41.7 Å². The maximum atomic E-state index is 5.79. The normalized spacial score (nSPS) is 20.4. The quantitative estimate of drug-likeness (QED) is 0.442. The van der Waals surface area contributed by atoms with Gasteiger partial charge in [-0.2, -0.15) is 9.97 Å². The van der Waals surface area contributed by atoms with Crippen LogP contribution in [0.3, 0.4) is 0 Å². The molecule has 0 bridgehead atoms. The minimum Gasteiger partial charge on any atom is -0.495 e. The average molecular weight is 465 g/mol. The molecule has 0 radical (unpaired) electrons. The molecule has 33 heavy (non-hydrogen) atoms. The summed E-state index contributed by atoms with van der Waals surface area (Å²) >= 11 is 0. The second-order valence-corrected chi connectivity index (χ2v) is 12.0. The highest BCUT2D eigenvalue weighted by atomic mass is 31.1. The first-order valence-electron chi connectivity index (χ1n) is 12.3. The number of hydrogen-bond donors (Lipinski definition) is 3. The van der Waals surface area contributed by atoms with Gasteiger partial charge in [0.1, 0.15) is 17.2 Å². The van der Waals surface area contributed by atoms with Crippen molar-refractivity contribution in [1.82, 2.24) is 19.9 Å². The van der Waals surface area contributed by atoms with E-state index < -0.39 is 0 Å². The molecule has 2 saturated carbocycles. The monoisotopic (exact) mass is 464 g/mol. The number of nitrogens with zero attached hydrogens (tertiary/aromatic N) is 3. The number of nitrogens with one attached hydrogen (secondary N) is 3. The highest BCUT2D eigenvalue weighted by molar-refractivity contribution is 7.65. The maximum Gasteiger partial charge on any atom is 0.231 e. The lowest BCUT2D eigenvalue weighted by atomic mass is 10.2. The minimum atomic E-state index is -0.110. The van der Waals surface area contributed by atoms with Gasteiger partial charge in [0, 0.05) is 31.4 Å². The van der Waals surface area contributed by atoms with E-state index in [9.17, 15) is 0 Å². The van der Waals surface area contributed by atoms with Crippen molar-refractivity contribution in [2.75, 3.05) is 43.2 Å². The zero-order valence-corrected chi connectivity index (χ0v) is 20.2.